The second-order valence-corrected chi connectivity index (χ2v) is 5.20. The van der Waals surface area contributed by atoms with Gasteiger partial charge in [0, 0.05) is 6.20 Å². The number of carbonyl (C=O) groups is 1. The highest BCUT2D eigenvalue weighted by molar-refractivity contribution is 5.87. The Morgan fingerprint density at radius 3 is 2.22 bits per heavy atom. The van der Waals surface area contributed by atoms with Crippen molar-refractivity contribution in [2.45, 2.75) is 31.9 Å². The maximum absolute atomic E-state index is 12.4. The van der Waals surface area contributed by atoms with E-state index in [2.05, 4.69) is 4.98 Å². The minimum absolute atomic E-state index is 0.327. The molecule has 98 valence electrons. The monoisotopic (exact) mass is 259 g/mol. The lowest BCUT2D eigenvalue weighted by atomic mass is 9.89. The van der Waals surface area contributed by atoms with Crippen LogP contribution in [-0.4, -0.2) is 16.1 Å². The quantitative estimate of drug-likeness (QED) is 0.888. The number of pyridine rings is 1. The van der Waals surface area contributed by atoms with Crippen molar-refractivity contribution in [3.05, 3.63) is 29.6 Å². The van der Waals surface area contributed by atoms with Gasteiger partial charge in [0.1, 0.15) is 5.69 Å². The molecule has 0 aromatic carbocycles. The van der Waals surface area contributed by atoms with E-state index in [9.17, 15) is 23.1 Å². The molecule has 1 aliphatic rings. The van der Waals surface area contributed by atoms with E-state index in [4.69, 9.17) is 0 Å². The molecule has 0 spiro atoms. The van der Waals surface area contributed by atoms with Crippen LogP contribution in [0.25, 0.3) is 0 Å². The third kappa shape index (κ3) is 1.67. The van der Waals surface area contributed by atoms with Crippen molar-refractivity contribution in [3.8, 4) is 0 Å². The van der Waals surface area contributed by atoms with Gasteiger partial charge in [-0.05, 0) is 23.5 Å². The number of halogens is 3. The van der Waals surface area contributed by atoms with Gasteiger partial charge in [0.05, 0.1) is 5.41 Å². The summed E-state index contributed by atoms with van der Waals surface area (Å²) in [6, 6.07) is 2.03. The second kappa shape index (κ2) is 3.46. The summed E-state index contributed by atoms with van der Waals surface area (Å²) in [6.45, 7) is 3.55. The van der Waals surface area contributed by atoms with E-state index >= 15 is 0 Å². The second-order valence-electron chi connectivity index (χ2n) is 5.20. The van der Waals surface area contributed by atoms with Crippen molar-refractivity contribution in [3.63, 3.8) is 0 Å². The van der Waals surface area contributed by atoms with E-state index in [0.717, 1.165) is 12.3 Å². The lowest BCUT2D eigenvalue weighted by Crippen LogP contribution is -2.26. The lowest BCUT2D eigenvalue weighted by molar-refractivity contribution is -0.141. The van der Waals surface area contributed by atoms with Crippen molar-refractivity contribution in [1.82, 2.24) is 4.98 Å². The molecule has 1 heterocycles. The molecule has 1 atom stereocenters. The number of aromatic nitrogens is 1. The van der Waals surface area contributed by atoms with Gasteiger partial charge in [-0.3, -0.25) is 9.78 Å². The topological polar surface area (TPSA) is 50.2 Å². The van der Waals surface area contributed by atoms with Crippen molar-refractivity contribution >= 4 is 5.97 Å². The van der Waals surface area contributed by atoms with E-state index < -0.39 is 28.7 Å². The van der Waals surface area contributed by atoms with Crippen LogP contribution in [0.15, 0.2) is 18.3 Å². The van der Waals surface area contributed by atoms with Crippen LogP contribution >= 0.6 is 0 Å². The normalized spacial score (nSPS) is 25.8. The number of hydrogen-bond donors (Lipinski definition) is 1. The first-order valence-electron chi connectivity index (χ1n) is 5.38. The van der Waals surface area contributed by atoms with Crippen LogP contribution in [0.4, 0.5) is 13.2 Å². The number of alkyl halides is 3. The van der Waals surface area contributed by atoms with Gasteiger partial charge in [0.2, 0.25) is 0 Å². The van der Waals surface area contributed by atoms with E-state index in [-0.39, 0.29) is 0 Å². The third-order valence-corrected chi connectivity index (χ3v) is 3.65. The molecule has 1 aliphatic carbocycles. The molecule has 0 bridgehead atoms. The average Bonchev–Trinajstić information content (AvgIpc) is 2.82. The summed E-state index contributed by atoms with van der Waals surface area (Å²) in [4.78, 5) is 14.6. The highest BCUT2D eigenvalue weighted by Gasteiger charge is 2.67. The summed E-state index contributed by atoms with van der Waals surface area (Å²) in [5, 5.41) is 9.27. The summed E-state index contributed by atoms with van der Waals surface area (Å²) in [6.07, 6.45) is -3.08. The Kier molecular flexibility index (Phi) is 2.47. The minimum atomic E-state index is -4.51. The van der Waals surface area contributed by atoms with Crippen molar-refractivity contribution < 1.29 is 23.1 Å². The zero-order valence-corrected chi connectivity index (χ0v) is 9.88. The van der Waals surface area contributed by atoms with Crippen LogP contribution in [0.1, 0.15) is 31.5 Å². The predicted molar refractivity (Wildman–Crippen MR) is 57.0 cm³/mol. The zero-order chi connectivity index (χ0) is 13.8. The highest BCUT2D eigenvalue weighted by Crippen LogP contribution is 2.64. The van der Waals surface area contributed by atoms with Crippen LogP contribution in [0.2, 0.25) is 0 Å². The Morgan fingerprint density at radius 1 is 1.39 bits per heavy atom. The molecule has 6 heteroatoms. The molecule has 2 rings (SSSR count). The van der Waals surface area contributed by atoms with Gasteiger partial charge >= 0.3 is 12.1 Å². The predicted octanol–water partition coefficient (Wildman–Crippen LogP) is 2.85. The number of carboxylic acid groups (broad SMARTS) is 1. The highest BCUT2D eigenvalue weighted by atomic mass is 19.4. The Bertz CT molecular complexity index is 493. The van der Waals surface area contributed by atoms with Crippen LogP contribution < -0.4 is 0 Å². The Morgan fingerprint density at radius 2 is 1.94 bits per heavy atom. The van der Waals surface area contributed by atoms with E-state index in [0.29, 0.717) is 12.0 Å². The molecule has 18 heavy (non-hydrogen) atoms. The lowest BCUT2D eigenvalue weighted by Gasteiger charge is -2.16. The standard InChI is InChI=1S/C12H12F3NO2/c1-10(2)6-11(10,9(17)18)7-3-4-8(16-5-7)12(13,14)15/h3-5H,6H2,1-2H3,(H,17,18). The molecule has 0 radical (unpaired) electrons. The molecular weight excluding hydrogens is 247 g/mol. The third-order valence-electron chi connectivity index (χ3n) is 3.65. The van der Waals surface area contributed by atoms with Gasteiger partial charge in [-0.1, -0.05) is 19.9 Å². The van der Waals surface area contributed by atoms with Gasteiger partial charge in [0.15, 0.2) is 0 Å². The van der Waals surface area contributed by atoms with Gasteiger partial charge < -0.3 is 5.11 Å². The molecule has 1 saturated carbocycles. The van der Waals surface area contributed by atoms with E-state index in [1.165, 1.54) is 6.07 Å². The first kappa shape index (κ1) is 12.9. The summed E-state index contributed by atoms with van der Waals surface area (Å²) in [7, 11) is 0. The molecule has 3 nitrogen and oxygen atoms in total. The SMILES string of the molecule is CC1(C)CC1(C(=O)O)c1ccc(C(F)(F)F)nc1. The smallest absolute Gasteiger partial charge is 0.433 e. The number of carboxylic acids is 1. The molecule has 0 aliphatic heterocycles. The summed E-state index contributed by atoms with van der Waals surface area (Å²) in [5.41, 5.74) is -2.25. The van der Waals surface area contributed by atoms with Crippen LogP contribution in [-0.2, 0) is 16.4 Å². The fraction of sp³-hybridized carbons (Fsp3) is 0.500. The van der Waals surface area contributed by atoms with Crippen molar-refractivity contribution in [1.29, 1.82) is 0 Å². The van der Waals surface area contributed by atoms with Crippen LogP contribution in [0.5, 0.6) is 0 Å². The molecular formula is C12H12F3NO2. The Hall–Kier alpha value is -1.59. The molecule has 1 unspecified atom stereocenters. The largest absolute Gasteiger partial charge is 0.481 e. The van der Waals surface area contributed by atoms with Crippen molar-refractivity contribution in [2.24, 2.45) is 5.41 Å². The summed E-state index contributed by atoms with van der Waals surface area (Å²) < 4.78 is 37.1. The van der Waals surface area contributed by atoms with Gasteiger partial charge in [-0.15, -0.1) is 0 Å². The Labute approximate surface area is 102 Å². The maximum Gasteiger partial charge on any atom is 0.433 e. The number of nitrogens with zero attached hydrogens (tertiary/aromatic N) is 1. The van der Waals surface area contributed by atoms with Gasteiger partial charge in [0.25, 0.3) is 0 Å². The first-order chi connectivity index (χ1) is 8.11. The van der Waals surface area contributed by atoms with Crippen LogP contribution in [0, 0.1) is 5.41 Å². The first-order valence-corrected chi connectivity index (χ1v) is 5.38. The molecule has 0 amide bonds. The summed E-state index contributed by atoms with van der Waals surface area (Å²) >= 11 is 0. The van der Waals surface area contributed by atoms with Gasteiger partial charge in [-0.25, -0.2) is 0 Å². The fourth-order valence-electron chi connectivity index (χ4n) is 2.41. The van der Waals surface area contributed by atoms with Gasteiger partial charge in [-0.2, -0.15) is 13.2 Å². The van der Waals surface area contributed by atoms with Crippen LogP contribution in [0.3, 0.4) is 0 Å². The van der Waals surface area contributed by atoms with E-state index in [1.807, 2.05) is 0 Å². The van der Waals surface area contributed by atoms with Crippen molar-refractivity contribution in [2.75, 3.05) is 0 Å². The minimum Gasteiger partial charge on any atom is -0.481 e. The molecule has 1 aromatic rings. The molecule has 0 saturated heterocycles. The number of rotatable bonds is 2. The summed E-state index contributed by atoms with van der Waals surface area (Å²) in [5.74, 6) is -1.02. The zero-order valence-electron chi connectivity index (χ0n) is 9.88. The number of aliphatic carboxylic acids is 1. The molecule has 1 aromatic heterocycles. The number of hydrogen-bond acceptors (Lipinski definition) is 2. The fourth-order valence-corrected chi connectivity index (χ4v) is 2.41. The van der Waals surface area contributed by atoms with E-state index in [1.54, 1.807) is 13.8 Å². The molecule has 1 N–H and O–H groups in total. The maximum atomic E-state index is 12.4. The Balaban J connectivity index is 2.39. The molecule has 1 fully saturated rings. The average molecular weight is 259 g/mol.